The molecular formula is C26H27N3O3. The lowest BCUT2D eigenvalue weighted by Gasteiger charge is -2.28. The van der Waals surface area contributed by atoms with Gasteiger partial charge in [-0.1, -0.05) is 84.9 Å². The minimum atomic E-state index is -0.292. The van der Waals surface area contributed by atoms with Crippen LogP contribution in [0.2, 0.25) is 0 Å². The smallest absolute Gasteiger partial charge is 0.222 e. The van der Waals surface area contributed by atoms with Gasteiger partial charge in [-0.25, -0.2) is 30.2 Å². The summed E-state index contributed by atoms with van der Waals surface area (Å²) in [5.41, 5.74) is 4.74. The van der Waals surface area contributed by atoms with E-state index in [0.29, 0.717) is 6.54 Å². The van der Waals surface area contributed by atoms with Gasteiger partial charge in [0, 0.05) is 5.41 Å². The molecule has 6 nitrogen and oxygen atoms in total. The maximum atomic E-state index is 10.4. The molecule has 0 fully saturated rings. The fourth-order valence-corrected chi connectivity index (χ4v) is 2.81. The summed E-state index contributed by atoms with van der Waals surface area (Å²) in [5.74, 6) is 0. The van der Waals surface area contributed by atoms with Crippen molar-refractivity contribution in [2.24, 2.45) is 4.99 Å². The molecule has 3 aromatic carbocycles. The number of nitrogens with one attached hydrogen (secondary N) is 2. The molecule has 3 aromatic rings. The summed E-state index contributed by atoms with van der Waals surface area (Å²) >= 11 is 0. The van der Waals surface area contributed by atoms with Crippen LogP contribution in [-0.2, 0) is 19.8 Å². The van der Waals surface area contributed by atoms with E-state index in [1.54, 1.807) is 6.08 Å². The van der Waals surface area contributed by atoms with Crippen molar-refractivity contribution in [1.82, 2.24) is 0 Å². The minimum absolute atomic E-state index is 0.292. The molecule has 6 heteroatoms. The molecule has 2 N–H and O–H groups in total. The molecule has 0 aliphatic heterocycles. The molecule has 0 atom stereocenters. The molecule has 32 heavy (non-hydrogen) atoms. The summed E-state index contributed by atoms with van der Waals surface area (Å²) in [6, 6.07) is 28.6. The van der Waals surface area contributed by atoms with Crippen molar-refractivity contribution in [3.8, 4) is 0 Å². The maximum absolute atomic E-state index is 10.4. The van der Waals surface area contributed by atoms with Crippen molar-refractivity contribution in [2.45, 2.75) is 26.2 Å². The Morgan fingerprint density at radius 1 is 0.688 bits per heavy atom. The van der Waals surface area contributed by atoms with Gasteiger partial charge >= 0.3 is 0 Å². The number of aliphatic imine (C=N–C) groups is 1. The quantitative estimate of drug-likeness (QED) is 0.426. The van der Waals surface area contributed by atoms with E-state index in [4.69, 9.17) is 20.4 Å². The molecule has 0 aliphatic rings. The van der Waals surface area contributed by atoms with Crippen molar-refractivity contribution in [2.75, 3.05) is 6.54 Å². The largest absolute Gasteiger partial charge is 0.234 e. The number of hydrogen-bond donors (Lipinski definition) is 2. The number of aryl methyl sites for hydroxylation is 2. The zero-order valence-corrected chi connectivity index (χ0v) is 18.5. The van der Waals surface area contributed by atoms with Gasteiger partial charge in [-0.2, -0.15) is 0 Å². The van der Waals surface area contributed by atoms with Crippen molar-refractivity contribution in [3.05, 3.63) is 107 Å². The van der Waals surface area contributed by atoms with Gasteiger partial charge in [0.25, 0.3) is 0 Å². The number of benzene rings is 3. The predicted molar refractivity (Wildman–Crippen MR) is 125 cm³/mol. The van der Waals surface area contributed by atoms with Gasteiger partial charge in [0.05, 0.1) is 6.54 Å². The first-order valence-electron chi connectivity index (χ1n) is 9.65. The van der Waals surface area contributed by atoms with E-state index in [9.17, 15) is 4.79 Å². The predicted octanol–water partition coefficient (Wildman–Crippen LogP) is 5.43. The van der Waals surface area contributed by atoms with Crippen LogP contribution in [0.15, 0.2) is 89.9 Å². The van der Waals surface area contributed by atoms with Crippen molar-refractivity contribution in [3.63, 3.8) is 0 Å². The summed E-state index contributed by atoms with van der Waals surface area (Å²) in [5, 5.41) is 10.8. The molecule has 0 aliphatic carbocycles. The number of hydrogen-bond acceptors (Lipinski definition) is 6. The highest BCUT2D eigenvalue weighted by Gasteiger charge is 2.28. The highest BCUT2D eigenvalue weighted by atomic mass is 16.1. The van der Waals surface area contributed by atoms with Gasteiger partial charge in [0.15, 0.2) is 0 Å². The van der Waals surface area contributed by atoms with Crippen LogP contribution in [0.4, 0.5) is 0 Å². The molecule has 0 heterocycles. The Balaban J connectivity index is 0.000000567. The monoisotopic (exact) mass is 429 g/mol. The van der Waals surface area contributed by atoms with Gasteiger partial charge in [0.2, 0.25) is 18.2 Å². The average Bonchev–Trinajstić information content (AvgIpc) is 2.82. The summed E-state index contributed by atoms with van der Waals surface area (Å²) in [6.45, 7) is 6.74. The van der Waals surface area contributed by atoms with E-state index >= 15 is 0 Å². The fraction of sp³-hybridized carbons (Fsp3) is 0.192. The second-order valence-electron chi connectivity index (χ2n) is 6.76. The second-order valence-corrected chi connectivity index (χ2v) is 6.76. The summed E-state index contributed by atoms with van der Waals surface area (Å²) in [7, 11) is 0. The molecule has 0 saturated heterocycles. The number of isocyanates is 3. The van der Waals surface area contributed by atoms with Crippen LogP contribution in [0.1, 0.15) is 29.2 Å². The third-order valence-corrected chi connectivity index (χ3v) is 4.71. The van der Waals surface area contributed by atoms with Gasteiger partial charge in [0.1, 0.15) is 0 Å². The first kappa shape index (κ1) is 27.8. The first-order chi connectivity index (χ1) is 15.4. The van der Waals surface area contributed by atoms with E-state index in [1.807, 2.05) is 36.4 Å². The molecule has 0 saturated carbocycles. The topological polar surface area (TPSA) is 111 Å². The highest BCUT2D eigenvalue weighted by molar-refractivity contribution is 5.41. The third kappa shape index (κ3) is 10.0. The Hall–Kier alpha value is -4.20. The van der Waals surface area contributed by atoms with Crippen LogP contribution in [0, 0.1) is 24.7 Å². The molecule has 0 radical (unpaired) electrons. The van der Waals surface area contributed by atoms with E-state index < -0.39 is 0 Å². The Morgan fingerprint density at radius 3 is 1.28 bits per heavy atom. The average molecular weight is 430 g/mol. The van der Waals surface area contributed by atoms with Crippen LogP contribution in [0.25, 0.3) is 0 Å². The van der Waals surface area contributed by atoms with E-state index in [0.717, 1.165) is 23.3 Å². The number of rotatable bonds is 4. The SMILES string of the molecule is CC(CN=C=O)(c1ccccc1)c1ccccc1.Cc1ccccc1C.N=C=O.N=C=O. The van der Waals surface area contributed by atoms with Crippen molar-refractivity contribution < 1.29 is 14.4 Å². The van der Waals surface area contributed by atoms with Gasteiger partial charge in [-0.3, -0.25) is 0 Å². The van der Waals surface area contributed by atoms with Crippen LogP contribution >= 0.6 is 0 Å². The zero-order chi connectivity index (χ0) is 24.2. The molecule has 0 bridgehead atoms. The van der Waals surface area contributed by atoms with Crippen LogP contribution < -0.4 is 0 Å². The Bertz CT molecular complexity index is 960. The van der Waals surface area contributed by atoms with Gasteiger partial charge in [-0.15, -0.1) is 0 Å². The van der Waals surface area contributed by atoms with Crippen molar-refractivity contribution in [1.29, 1.82) is 10.8 Å². The maximum Gasteiger partial charge on any atom is 0.234 e. The minimum Gasteiger partial charge on any atom is -0.222 e. The summed E-state index contributed by atoms with van der Waals surface area (Å²) < 4.78 is 0. The molecular weight excluding hydrogens is 402 g/mol. The molecule has 0 unspecified atom stereocenters. The summed E-state index contributed by atoms with van der Waals surface area (Å²) in [6.07, 6.45) is 3.14. The normalized spacial score (nSPS) is 8.84. The Labute approximate surface area is 188 Å². The van der Waals surface area contributed by atoms with Crippen LogP contribution in [0.5, 0.6) is 0 Å². The molecule has 0 spiro atoms. The first-order valence-corrected chi connectivity index (χ1v) is 9.65. The number of carbonyl (C=O) groups excluding carboxylic acids is 3. The van der Waals surface area contributed by atoms with Crippen molar-refractivity contribution >= 4 is 18.2 Å². The lowest BCUT2D eigenvalue weighted by atomic mass is 9.76. The Morgan fingerprint density at radius 2 is 1.00 bits per heavy atom. The molecule has 0 aromatic heterocycles. The van der Waals surface area contributed by atoms with Gasteiger partial charge < -0.3 is 0 Å². The van der Waals surface area contributed by atoms with E-state index in [2.05, 4.69) is 74.3 Å². The zero-order valence-electron chi connectivity index (χ0n) is 18.5. The van der Waals surface area contributed by atoms with E-state index in [1.165, 1.54) is 11.1 Å². The van der Waals surface area contributed by atoms with E-state index in [-0.39, 0.29) is 5.41 Å². The molecule has 164 valence electrons. The second kappa shape index (κ2) is 16.6. The lowest BCUT2D eigenvalue weighted by Crippen LogP contribution is -2.27. The Kier molecular flexibility index (Phi) is 14.4. The van der Waals surface area contributed by atoms with Gasteiger partial charge in [-0.05, 0) is 43.0 Å². The molecule has 0 amide bonds. The molecule has 3 rings (SSSR count). The van der Waals surface area contributed by atoms with Crippen LogP contribution in [-0.4, -0.2) is 24.8 Å². The lowest BCUT2D eigenvalue weighted by molar-refractivity contribution is 0.548. The third-order valence-electron chi connectivity index (χ3n) is 4.71. The van der Waals surface area contributed by atoms with Crippen LogP contribution in [0.3, 0.4) is 0 Å². The number of nitrogens with zero attached hydrogens (tertiary/aromatic N) is 1. The standard InChI is InChI=1S/C16H15NO.C8H10.2CHNO/c1-16(12-17-13-18,14-8-4-2-5-9-14)15-10-6-3-7-11-15;1-7-5-3-4-6-8(7)2;2*2-1-3/h2-11H,12H2,1H3;3-6H,1-2H3;2*2H. The highest BCUT2D eigenvalue weighted by Crippen LogP contribution is 2.32. The fourth-order valence-electron chi connectivity index (χ4n) is 2.81. The summed E-state index contributed by atoms with van der Waals surface area (Å²) in [4.78, 5) is 30.9.